The van der Waals surface area contributed by atoms with Crippen LogP contribution >= 0.6 is 0 Å². The van der Waals surface area contributed by atoms with Crippen LogP contribution in [0.2, 0.25) is 0 Å². The fourth-order valence-corrected chi connectivity index (χ4v) is 3.05. The van der Waals surface area contributed by atoms with Crippen LogP contribution in [0, 0.1) is 12.8 Å². The van der Waals surface area contributed by atoms with Crippen LogP contribution in [0.1, 0.15) is 11.3 Å². The van der Waals surface area contributed by atoms with Crippen LogP contribution in [0.5, 0.6) is 0 Å². The molecule has 0 saturated heterocycles. The van der Waals surface area contributed by atoms with Crippen LogP contribution in [-0.4, -0.2) is 28.8 Å². The molecular weight excluding hydrogens is 345 g/mol. The fraction of sp³-hybridized carbons (Fsp3) is 0.333. The molecule has 1 aliphatic rings. The number of halogens is 3. The summed E-state index contributed by atoms with van der Waals surface area (Å²) in [4.78, 5) is 13.3. The average molecular weight is 364 g/mol. The molecule has 1 aromatic heterocycles. The van der Waals surface area contributed by atoms with Gasteiger partial charge in [0, 0.05) is 37.3 Å². The summed E-state index contributed by atoms with van der Waals surface area (Å²) in [6, 6.07) is 6.97. The summed E-state index contributed by atoms with van der Waals surface area (Å²) in [5.74, 6) is 0.634. The van der Waals surface area contributed by atoms with Crippen molar-refractivity contribution < 1.29 is 18.0 Å². The number of benzene rings is 1. The van der Waals surface area contributed by atoms with Gasteiger partial charge in [-0.15, -0.1) is 0 Å². The van der Waals surface area contributed by atoms with E-state index in [1.807, 2.05) is 22.6 Å². The number of hydrogen-bond acceptors (Lipinski definition) is 3. The van der Waals surface area contributed by atoms with Gasteiger partial charge in [-0.3, -0.25) is 4.79 Å². The third-order valence-electron chi connectivity index (χ3n) is 4.29. The molecule has 2 heterocycles. The van der Waals surface area contributed by atoms with E-state index < -0.39 is 11.7 Å². The largest absolute Gasteiger partial charge is 0.416 e. The number of carbonyl (C=O) groups excluding carboxylic acids is 1. The summed E-state index contributed by atoms with van der Waals surface area (Å²) in [6.45, 7) is 6.91. The minimum absolute atomic E-state index is 0.0630. The van der Waals surface area contributed by atoms with Crippen LogP contribution in [-0.2, 0) is 17.5 Å². The Hall–Kier alpha value is -2.77. The Labute approximate surface area is 149 Å². The number of hydrogen-bond donors (Lipinski definition) is 1. The van der Waals surface area contributed by atoms with Crippen molar-refractivity contribution in [3.05, 3.63) is 54.2 Å². The van der Waals surface area contributed by atoms with Gasteiger partial charge >= 0.3 is 6.18 Å². The lowest BCUT2D eigenvalue weighted by Gasteiger charge is -2.35. The van der Waals surface area contributed by atoms with Gasteiger partial charge in [0.25, 0.3) is 0 Å². The lowest BCUT2D eigenvalue weighted by molar-refractivity contribution is -0.137. The first-order chi connectivity index (χ1) is 12.3. The Morgan fingerprint density at radius 3 is 2.65 bits per heavy atom. The molecule has 0 aliphatic carbocycles. The van der Waals surface area contributed by atoms with Crippen molar-refractivity contribution in [2.45, 2.75) is 19.6 Å². The van der Waals surface area contributed by atoms with Gasteiger partial charge in [0.15, 0.2) is 0 Å². The zero-order valence-electron chi connectivity index (χ0n) is 14.3. The van der Waals surface area contributed by atoms with Gasteiger partial charge in [0.2, 0.25) is 5.91 Å². The van der Waals surface area contributed by atoms with E-state index in [4.69, 9.17) is 0 Å². The number of aryl methyl sites for hydroxylation is 1. The Morgan fingerprint density at radius 2 is 2.04 bits per heavy atom. The molecule has 1 N–H and O–H groups in total. The summed E-state index contributed by atoms with van der Waals surface area (Å²) in [5, 5.41) is 7.21. The molecule has 0 bridgehead atoms. The molecule has 0 fully saturated rings. The lowest BCUT2D eigenvalue weighted by Crippen LogP contribution is -2.41. The molecule has 8 heteroatoms. The summed E-state index contributed by atoms with van der Waals surface area (Å²) in [6.07, 6.45) is -3.16. The standard InChI is InChI=1S/C18H19F3N4O/c1-3-16(26)22-9-13-10-24(17-8-12(2)23-25(17)11-13)15-6-4-14(5-7-15)18(19,20)21/h3-8,13H,1,9-11H2,2H3,(H,22,26)/t13-/m1/s1. The molecule has 1 amide bonds. The lowest BCUT2D eigenvalue weighted by atomic mass is 10.1. The first kappa shape index (κ1) is 18.0. The van der Waals surface area contributed by atoms with Crippen LogP contribution in [0.25, 0.3) is 0 Å². The Morgan fingerprint density at radius 1 is 1.35 bits per heavy atom. The molecule has 0 spiro atoms. The molecule has 0 saturated carbocycles. The predicted molar refractivity (Wildman–Crippen MR) is 92.1 cm³/mol. The molecule has 138 valence electrons. The number of amides is 1. The molecular formula is C18H19F3N4O. The average Bonchev–Trinajstić information content (AvgIpc) is 2.98. The highest BCUT2D eigenvalue weighted by atomic mass is 19.4. The third kappa shape index (κ3) is 3.74. The second kappa shape index (κ2) is 6.86. The van der Waals surface area contributed by atoms with E-state index in [2.05, 4.69) is 17.0 Å². The summed E-state index contributed by atoms with van der Waals surface area (Å²) in [7, 11) is 0. The number of alkyl halides is 3. The van der Waals surface area contributed by atoms with Crippen molar-refractivity contribution in [2.24, 2.45) is 5.92 Å². The Kier molecular flexibility index (Phi) is 4.76. The maximum Gasteiger partial charge on any atom is 0.416 e. The van der Waals surface area contributed by atoms with Crippen LogP contribution in [0.15, 0.2) is 43.0 Å². The Bertz CT molecular complexity index is 811. The van der Waals surface area contributed by atoms with Gasteiger partial charge in [0.1, 0.15) is 5.82 Å². The molecule has 1 atom stereocenters. The van der Waals surface area contributed by atoms with E-state index >= 15 is 0 Å². The second-order valence-corrected chi connectivity index (χ2v) is 6.30. The first-order valence-electron chi connectivity index (χ1n) is 8.17. The number of nitrogens with zero attached hydrogens (tertiary/aromatic N) is 3. The van der Waals surface area contributed by atoms with Crippen molar-refractivity contribution in [3.63, 3.8) is 0 Å². The first-order valence-corrected chi connectivity index (χ1v) is 8.17. The van der Waals surface area contributed by atoms with Crippen molar-refractivity contribution >= 4 is 17.4 Å². The molecule has 2 aromatic rings. The maximum atomic E-state index is 12.8. The van der Waals surface area contributed by atoms with Gasteiger partial charge in [-0.2, -0.15) is 18.3 Å². The molecule has 1 aliphatic heterocycles. The van der Waals surface area contributed by atoms with E-state index in [0.29, 0.717) is 25.3 Å². The normalized spacial score (nSPS) is 16.9. The van der Waals surface area contributed by atoms with Crippen molar-refractivity contribution in [2.75, 3.05) is 18.0 Å². The summed E-state index contributed by atoms with van der Waals surface area (Å²) < 4.78 is 40.2. The van der Waals surface area contributed by atoms with Gasteiger partial charge in [-0.05, 0) is 37.3 Å². The highest BCUT2D eigenvalue weighted by molar-refractivity contribution is 5.86. The van der Waals surface area contributed by atoms with Gasteiger partial charge in [-0.25, -0.2) is 4.68 Å². The maximum absolute atomic E-state index is 12.8. The number of fused-ring (bicyclic) bond motifs is 1. The van der Waals surface area contributed by atoms with Crippen molar-refractivity contribution in [3.8, 4) is 0 Å². The van der Waals surface area contributed by atoms with E-state index in [1.54, 1.807) is 0 Å². The zero-order valence-corrected chi connectivity index (χ0v) is 14.3. The highest BCUT2D eigenvalue weighted by Gasteiger charge is 2.31. The van der Waals surface area contributed by atoms with Crippen molar-refractivity contribution in [1.82, 2.24) is 15.1 Å². The topological polar surface area (TPSA) is 50.2 Å². The number of nitrogens with one attached hydrogen (secondary N) is 1. The van der Waals surface area contributed by atoms with E-state index in [1.165, 1.54) is 18.2 Å². The third-order valence-corrected chi connectivity index (χ3v) is 4.29. The molecule has 26 heavy (non-hydrogen) atoms. The minimum Gasteiger partial charge on any atom is -0.352 e. The quantitative estimate of drug-likeness (QED) is 0.847. The zero-order chi connectivity index (χ0) is 18.9. The van der Waals surface area contributed by atoms with E-state index in [9.17, 15) is 18.0 Å². The SMILES string of the molecule is C=CC(=O)NC[C@@H]1CN(c2ccc(C(F)(F)F)cc2)c2cc(C)nn2C1. The number of aromatic nitrogens is 2. The smallest absolute Gasteiger partial charge is 0.352 e. The monoisotopic (exact) mass is 364 g/mol. The second-order valence-electron chi connectivity index (χ2n) is 6.30. The van der Waals surface area contributed by atoms with E-state index in [-0.39, 0.29) is 11.8 Å². The Balaban J connectivity index is 1.86. The van der Waals surface area contributed by atoms with Gasteiger partial charge in [-0.1, -0.05) is 6.58 Å². The van der Waals surface area contributed by atoms with Crippen molar-refractivity contribution in [1.29, 1.82) is 0 Å². The number of carbonyl (C=O) groups is 1. The fourth-order valence-electron chi connectivity index (χ4n) is 3.05. The van der Waals surface area contributed by atoms with Gasteiger partial charge in [0.05, 0.1) is 11.3 Å². The molecule has 1 aromatic carbocycles. The molecule has 3 rings (SSSR count). The van der Waals surface area contributed by atoms with Gasteiger partial charge < -0.3 is 10.2 Å². The van der Waals surface area contributed by atoms with Crippen LogP contribution < -0.4 is 10.2 Å². The molecule has 5 nitrogen and oxygen atoms in total. The van der Waals surface area contributed by atoms with Crippen LogP contribution in [0.3, 0.4) is 0 Å². The predicted octanol–water partition coefficient (Wildman–Crippen LogP) is 3.28. The van der Waals surface area contributed by atoms with Crippen LogP contribution in [0.4, 0.5) is 24.7 Å². The minimum atomic E-state index is -4.36. The van der Waals surface area contributed by atoms with E-state index in [0.717, 1.165) is 23.6 Å². The summed E-state index contributed by atoms with van der Waals surface area (Å²) in [5.41, 5.74) is 0.796. The molecule has 0 radical (unpaired) electrons. The number of anilines is 2. The summed E-state index contributed by atoms with van der Waals surface area (Å²) >= 11 is 0. The number of rotatable bonds is 4. The molecule has 0 unspecified atom stereocenters. The highest BCUT2D eigenvalue weighted by Crippen LogP contribution is 2.34.